The van der Waals surface area contributed by atoms with Crippen LogP contribution >= 0.6 is 0 Å². The van der Waals surface area contributed by atoms with Gasteiger partial charge in [-0.3, -0.25) is 9.63 Å². The van der Waals surface area contributed by atoms with E-state index in [1.165, 1.54) is 56.4 Å². The molecule has 0 radical (unpaired) electrons. The lowest BCUT2D eigenvalue weighted by Gasteiger charge is -2.19. The maximum absolute atomic E-state index is 13.7. The van der Waals surface area contributed by atoms with Gasteiger partial charge in [-0.05, 0) is 24.3 Å². The largest absolute Gasteiger partial charge is 0.337 e. The Morgan fingerprint density at radius 1 is 1.12 bits per heavy atom. The van der Waals surface area contributed by atoms with Crippen LogP contribution in [0.2, 0.25) is 0 Å². The van der Waals surface area contributed by atoms with Gasteiger partial charge in [-0.15, -0.1) is 0 Å². The van der Waals surface area contributed by atoms with Crippen molar-refractivity contribution in [1.29, 1.82) is 0 Å². The number of hydrogen-bond acceptors (Lipinski definition) is 4. The normalized spacial score (nSPS) is 11.6. The fourth-order valence-corrected chi connectivity index (χ4v) is 3.23. The molecule has 1 amide bonds. The highest BCUT2D eigenvalue weighted by Gasteiger charge is 2.22. The third-order valence-corrected chi connectivity index (χ3v) is 5.36. The van der Waals surface area contributed by atoms with Gasteiger partial charge in [-0.2, -0.15) is 0 Å². The Morgan fingerprint density at radius 2 is 1.80 bits per heavy atom. The molecule has 2 rings (SSSR count). The molecule has 0 aliphatic carbocycles. The molecule has 0 saturated carbocycles. The van der Waals surface area contributed by atoms with E-state index in [4.69, 9.17) is 4.84 Å². The predicted molar refractivity (Wildman–Crippen MR) is 90.6 cm³/mol. The lowest BCUT2D eigenvalue weighted by Crippen LogP contribution is -2.28. The van der Waals surface area contributed by atoms with Crippen LogP contribution in [0, 0.1) is 5.82 Å². The van der Waals surface area contributed by atoms with Gasteiger partial charge in [-0.1, -0.05) is 28.7 Å². The fourth-order valence-electron chi connectivity index (χ4n) is 2.21. The van der Waals surface area contributed by atoms with E-state index in [0.717, 1.165) is 0 Å². The Hall–Kier alpha value is -2.29. The van der Waals surface area contributed by atoms with Crippen molar-refractivity contribution >= 4 is 15.9 Å². The van der Waals surface area contributed by atoms with E-state index in [1.807, 2.05) is 0 Å². The molecule has 0 N–H and O–H groups in total. The van der Waals surface area contributed by atoms with Crippen LogP contribution in [0.25, 0.3) is 0 Å². The summed E-state index contributed by atoms with van der Waals surface area (Å²) in [4.78, 5) is 18.5. The Bertz CT molecular complexity index is 870. The zero-order chi connectivity index (χ0) is 18.6. The number of hydrogen-bond donors (Lipinski definition) is 0. The fraction of sp³-hybridized carbons (Fsp3) is 0.235. The second-order valence-electron chi connectivity index (χ2n) is 5.38. The minimum absolute atomic E-state index is 0.0676. The van der Waals surface area contributed by atoms with Crippen molar-refractivity contribution in [3.63, 3.8) is 0 Å². The number of halogens is 1. The highest BCUT2D eigenvalue weighted by atomic mass is 32.2. The predicted octanol–water partition coefficient (Wildman–Crippen LogP) is 2.28. The van der Waals surface area contributed by atoms with E-state index >= 15 is 0 Å². The molecule has 0 unspecified atom stereocenters. The summed E-state index contributed by atoms with van der Waals surface area (Å²) < 4.78 is 39.0. The highest BCUT2D eigenvalue weighted by Crippen LogP contribution is 2.18. The summed E-state index contributed by atoms with van der Waals surface area (Å²) in [5.41, 5.74) is 0.561. The number of carbonyl (C=O) groups excluding carboxylic acids is 1. The third kappa shape index (κ3) is 4.22. The SMILES string of the molecule is CON(C)S(=O)(=O)c1cccc(C(=O)N(C)Cc2ccccc2F)c1. The van der Waals surface area contributed by atoms with Crippen LogP contribution in [-0.2, 0) is 21.4 Å². The van der Waals surface area contributed by atoms with E-state index in [9.17, 15) is 17.6 Å². The van der Waals surface area contributed by atoms with E-state index in [0.29, 0.717) is 10.0 Å². The van der Waals surface area contributed by atoms with Gasteiger partial charge >= 0.3 is 0 Å². The van der Waals surface area contributed by atoms with Gasteiger partial charge in [0.05, 0.1) is 12.0 Å². The smallest absolute Gasteiger partial charge is 0.264 e. The summed E-state index contributed by atoms with van der Waals surface area (Å²) in [6, 6.07) is 11.8. The summed E-state index contributed by atoms with van der Waals surface area (Å²) in [5.74, 6) is -0.819. The first-order chi connectivity index (χ1) is 11.8. The molecule has 0 bridgehead atoms. The van der Waals surface area contributed by atoms with Crippen LogP contribution in [0.1, 0.15) is 15.9 Å². The molecule has 0 spiro atoms. The first kappa shape index (κ1) is 19.0. The number of hydroxylamine groups is 1. The number of nitrogens with zero attached hydrogens (tertiary/aromatic N) is 2. The maximum Gasteiger partial charge on any atom is 0.264 e. The summed E-state index contributed by atoms with van der Waals surface area (Å²) in [6.07, 6.45) is 0. The second-order valence-corrected chi connectivity index (χ2v) is 7.31. The zero-order valence-electron chi connectivity index (χ0n) is 14.1. The van der Waals surface area contributed by atoms with Crippen molar-refractivity contribution in [3.05, 3.63) is 65.5 Å². The molecule has 0 atom stereocenters. The molecule has 134 valence electrons. The van der Waals surface area contributed by atoms with Crippen LogP contribution in [0.3, 0.4) is 0 Å². The molecular formula is C17H19FN2O4S. The van der Waals surface area contributed by atoms with Gasteiger partial charge in [0.1, 0.15) is 5.82 Å². The Balaban J connectivity index is 2.25. The Kier molecular flexibility index (Phi) is 5.89. The minimum Gasteiger partial charge on any atom is -0.337 e. The molecule has 0 aliphatic rings. The average molecular weight is 366 g/mol. The van der Waals surface area contributed by atoms with Gasteiger partial charge < -0.3 is 4.90 Å². The molecule has 0 heterocycles. The quantitative estimate of drug-likeness (QED) is 0.736. The summed E-state index contributed by atoms with van der Waals surface area (Å²) in [6.45, 7) is 0.0699. The number of amides is 1. The standard InChI is InChI=1S/C17H19FN2O4S/c1-19(12-14-7-4-5-10-16(14)18)17(21)13-8-6-9-15(11-13)25(22,23)20(2)24-3/h4-11H,12H2,1-3H3. The summed E-state index contributed by atoms with van der Waals surface area (Å²) in [5, 5.41) is 0. The first-order valence-corrected chi connectivity index (χ1v) is 8.83. The van der Waals surface area contributed by atoms with Crippen molar-refractivity contribution in [2.75, 3.05) is 21.2 Å². The number of benzene rings is 2. The molecule has 2 aromatic rings. The van der Waals surface area contributed by atoms with Crippen molar-refractivity contribution in [2.24, 2.45) is 0 Å². The van der Waals surface area contributed by atoms with Gasteiger partial charge in [0.25, 0.3) is 15.9 Å². The molecule has 25 heavy (non-hydrogen) atoms. The lowest BCUT2D eigenvalue weighted by atomic mass is 10.1. The Morgan fingerprint density at radius 3 is 2.44 bits per heavy atom. The van der Waals surface area contributed by atoms with Gasteiger partial charge in [-0.25, -0.2) is 12.8 Å². The molecule has 0 fully saturated rings. The van der Waals surface area contributed by atoms with Crippen molar-refractivity contribution in [2.45, 2.75) is 11.4 Å². The summed E-state index contributed by atoms with van der Waals surface area (Å²) in [7, 11) is 0.158. The third-order valence-electron chi connectivity index (χ3n) is 3.69. The molecule has 2 aromatic carbocycles. The molecule has 8 heteroatoms. The van der Waals surface area contributed by atoms with E-state index < -0.39 is 21.7 Å². The van der Waals surface area contributed by atoms with Gasteiger partial charge in [0.15, 0.2) is 0 Å². The molecule has 0 aromatic heterocycles. The highest BCUT2D eigenvalue weighted by molar-refractivity contribution is 7.89. The van der Waals surface area contributed by atoms with Crippen LogP contribution in [0.5, 0.6) is 0 Å². The van der Waals surface area contributed by atoms with Crippen molar-refractivity contribution in [1.82, 2.24) is 9.37 Å². The van der Waals surface area contributed by atoms with Crippen molar-refractivity contribution < 1.29 is 22.4 Å². The van der Waals surface area contributed by atoms with E-state index in [1.54, 1.807) is 18.2 Å². The first-order valence-electron chi connectivity index (χ1n) is 7.39. The lowest BCUT2D eigenvalue weighted by molar-refractivity contribution is -0.0258. The number of sulfonamides is 1. The Labute approximate surface area is 146 Å². The number of rotatable bonds is 6. The maximum atomic E-state index is 13.7. The molecule has 0 aliphatic heterocycles. The van der Waals surface area contributed by atoms with E-state index in [-0.39, 0.29) is 17.0 Å². The molecule has 0 saturated heterocycles. The molecular weight excluding hydrogens is 347 g/mol. The van der Waals surface area contributed by atoms with Gasteiger partial charge in [0, 0.05) is 31.8 Å². The van der Waals surface area contributed by atoms with E-state index in [2.05, 4.69) is 0 Å². The molecule has 6 nitrogen and oxygen atoms in total. The van der Waals surface area contributed by atoms with Crippen LogP contribution in [0.4, 0.5) is 4.39 Å². The monoisotopic (exact) mass is 366 g/mol. The number of carbonyl (C=O) groups is 1. The van der Waals surface area contributed by atoms with Gasteiger partial charge in [0.2, 0.25) is 0 Å². The topological polar surface area (TPSA) is 66.9 Å². The van der Waals surface area contributed by atoms with Crippen molar-refractivity contribution in [3.8, 4) is 0 Å². The minimum atomic E-state index is -3.86. The second kappa shape index (κ2) is 7.73. The van der Waals surface area contributed by atoms with Crippen LogP contribution < -0.4 is 0 Å². The average Bonchev–Trinajstić information content (AvgIpc) is 2.62. The van der Waals surface area contributed by atoms with Crippen LogP contribution in [-0.4, -0.2) is 44.9 Å². The van der Waals surface area contributed by atoms with Crippen LogP contribution in [0.15, 0.2) is 53.4 Å². The summed E-state index contributed by atoms with van der Waals surface area (Å²) >= 11 is 0. The zero-order valence-corrected chi connectivity index (χ0v) is 15.0.